The molecule has 0 aromatic heterocycles. The van der Waals surface area contributed by atoms with E-state index < -0.39 is 0 Å². The molecule has 1 aromatic rings. The molecule has 3 N–H and O–H groups in total. The third-order valence-electron chi connectivity index (χ3n) is 4.21. The minimum Gasteiger partial charge on any atom is -0.355 e. The summed E-state index contributed by atoms with van der Waals surface area (Å²) in [7, 11) is 0. The molecule has 1 unspecified atom stereocenters. The van der Waals surface area contributed by atoms with Crippen LogP contribution in [0.1, 0.15) is 44.1 Å². The van der Waals surface area contributed by atoms with Gasteiger partial charge in [0.1, 0.15) is 5.82 Å². The average Bonchev–Trinajstić information content (AvgIpc) is 2.82. The molecule has 20 heavy (non-hydrogen) atoms. The summed E-state index contributed by atoms with van der Waals surface area (Å²) in [5, 5.41) is 2.95. The second-order valence-corrected chi connectivity index (χ2v) is 5.82. The topological polar surface area (TPSA) is 55.1 Å². The van der Waals surface area contributed by atoms with Gasteiger partial charge < -0.3 is 11.1 Å². The Kier molecular flexibility index (Phi) is 5.12. The van der Waals surface area contributed by atoms with Crippen LogP contribution in [-0.4, -0.2) is 18.5 Å². The number of hydrogen-bond donors (Lipinski definition) is 2. The third-order valence-corrected chi connectivity index (χ3v) is 4.21. The van der Waals surface area contributed by atoms with Crippen LogP contribution >= 0.6 is 0 Å². The van der Waals surface area contributed by atoms with Gasteiger partial charge >= 0.3 is 0 Å². The monoisotopic (exact) mass is 278 g/mol. The van der Waals surface area contributed by atoms with Gasteiger partial charge in [-0.15, -0.1) is 0 Å². The predicted molar refractivity (Wildman–Crippen MR) is 77.8 cm³/mol. The molecule has 1 amide bonds. The van der Waals surface area contributed by atoms with E-state index in [2.05, 4.69) is 5.32 Å². The van der Waals surface area contributed by atoms with Gasteiger partial charge in [0.15, 0.2) is 0 Å². The standard InChI is InChI=1S/C16H23FN2O/c1-11(12-5-7-14(17)8-6-12)10-19-16(20)9-13-3-2-4-15(13)18/h5-8,11,13,15H,2-4,9-10,18H2,1H3,(H,19,20)/t11?,13-,15+/m0/s1. The zero-order valence-corrected chi connectivity index (χ0v) is 11.9. The molecule has 0 bridgehead atoms. The number of carbonyl (C=O) groups is 1. The Bertz CT molecular complexity index is 446. The van der Waals surface area contributed by atoms with E-state index in [0.717, 1.165) is 24.8 Å². The van der Waals surface area contributed by atoms with Crippen LogP contribution in [0.25, 0.3) is 0 Å². The van der Waals surface area contributed by atoms with Gasteiger partial charge in [-0.25, -0.2) is 4.39 Å². The quantitative estimate of drug-likeness (QED) is 0.869. The average molecular weight is 278 g/mol. The van der Waals surface area contributed by atoms with Gasteiger partial charge in [-0.05, 0) is 42.4 Å². The lowest BCUT2D eigenvalue weighted by molar-refractivity contribution is -0.122. The number of benzene rings is 1. The highest BCUT2D eigenvalue weighted by Gasteiger charge is 2.25. The lowest BCUT2D eigenvalue weighted by atomic mass is 9.99. The van der Waals surface area contributed by atoms with Gasteiger partial charge in [0.05, 0.1) is 0 Å². The number of nitrogens with two attached hydrogens (primary N) is 1. The molecule has 0 aliphatic heterocycles. The SMILES string of the molecule is CC(CNC(=O)C[C@@H]1CCC[C@H]1N)c1ccc(F)cc1. The van der Waals surface area contributed by atoms with Gasteiger partial charge in [-0.3, -0.25) is 4.79 Å². The van der Waals surface area contributed by atoms with Crippen molar-refractivity contribution in [2.75, 3.05) is 6.54 Å². The number of halogens is 1. The molecule has 2 rings (SSSR count). The first-order chi connectivity index (χ1) is 9.56. The summed E-state index contributed by atoms with van der Waals surface area (Å²) in [6.07, 6.45) is 3.74. The Balaban J connectivity index is 1.76. The van der Waals surface area contributed by atoms with Crippen molar-refractivity contribution in [3.05, 3.63) is 35.6 Å². The van der Waals surface area contributed by atoms with Crippen molar-refractivity contribution >= 4 is 5.91 Å². The van der Waals surface area contributed by atoms with Crippen molar-refractivity contribution in [3.63, 3.8) is 0 Å². The van der Waals surface area contributed by atoms with Crippen LogP contribution in [0.15, 0.2) is 24.3 Å². The first-order valence-electron chi connectivity index (χ1n) is 7.34. The summed E-state index contributed by atoms with van der Waals surface area (Å²) >= 11 is 0. The summed E-state index contributed by atoms with van der Waals surface area (Å²) < 4.78 is 12.8. The Labute approximate surface area is 119 Å². The second kappa shape index (κ2) is 6.84. The van der Waals surface area contributed by atoms with Gasteiger partial charge in [0.2, 0.25) is 5.91 Å². The van der Waals surface area contributed by atoms with Gasteiger partial charge in [-0.2, -0.15) is 0 Å². The molecular weight excluding hydrogens is 255 g/mol. The molecule has 4 heteroatoms. The van der Waals surface area contributed by atoms with Crippen LogP contribution in [0.4, 0.5) is 4.39 Å². The van der Waals surface area contributed by atoms with Crippen LogP contribution < -0.4 is 11.1 Å². The number of amides is 1. The minimum absolute atomic E-state index is 0.0707. The zero-order chi connectivity index (χ0) is 14.5. The number of carbonyl (C=O) groups excluding carboxylic acids is 1. The molecule has 1 fully saturated rings. The highest BCUT2D eigenvalue weighted by atomic mass is 19.1. The van der Waals surface area contributed by atoms with Crippen LogP contribution in [0.5, 0.6) is 0 Å². The van der Waals surface area contributed by atoms with E-state index >= 15 is 0 Å². The number of hydrogen-bond acceptors (Lipinski definition) is 2. The lowest BCUT2D eigenvalue weighted by Gasteiger charge is -2.17. The summed E-state index contributed by atoms with van der Waals surface area (Å²) in [6.45, 7) is 2.60. The first-order valence-corrected chi connectivity index (χ1v) is 7.34. The van der Waals surface area contributed by atoms with E-state index in [-0.39, 0.29) is 23.7 Å². The molecular formula is C16H23FN2O. The molecule has 3 atom stereocenters. The molecule has 1 aliphatic carbocycles. The predicted octanol–water partition coefficient (Wildman–Crippen LogP) is 2.56. The molecule has 3 nitrogen and oxygen atoms in total. The highest BCUT2D eigenvalue weighted by Crippen LogP contribution is 2.26. The maximum absolute atomic E-state index is 12.8. The maximum Gasteiger partial charge on any atom is 0.220 e. The van der Waals surface area contributed by atoms with E-state index in [1.165, 1.54) is 12.1 Å². The fraction of sp³-hybridized carbons (Fsp3) is 0.562. The Morgan fingerprint density at radius 1 is 1.40 bits per heavy atom. The molecule has 0 saturated heterocycles. The van der Waals surface area contributed by atoms with Crippen molar-refractivity contribution in [2.45, 2.75) is 44.6 Å². The third kappa shape index (κ3) is 4.04. The Morgan fingerprint density at radius 2 is 2.10 bits per heavy atom. The number of rotatable bonds is 5. The fourth-order valence-corrected chi connectivity index (χ4v) is 2.81. The summed E-state index contributed by atoms with van der Waals surface area (Å²) in [5.74, 6) is 0.342. The van der Waals surface area contributed by atoms with Crippen molar-refractivity contribution in [2.24, 2.45) is 11.7 Å². The lowest BCUT2D eigenvalue weighted by Crippen LogP contribution is -2.33. The Hall–Kier alpha value is -1.42. The smallest absolute Gasteiger partial charge is 0.220 e. The number of nitrogens with one attached hydrogen (secondary N) is 1. The molecule has 1 aliphatic rings. The highest BCUT2D eigenvalue weighted by molar-refractivity contribution is 5.76. The summed E-state index contributed by atoms with van der Waals surface area (Å²) in [5.41, 5.74) is 7.00. The van der Waals surface area contributed by atoms with E-state index in [9.17, 15) is 9.18 Å². The van der Waals surface area contributed by atoms with E-state index in [1.54, 1.807) is 12.1 Å². The van der Waals surface area contributed by atoms with Crippen molar-refractivity contribution < 1.29 is 9.18 Å². The molecule has 110 valence electrons. The summed E-state index contributed by atoms with van der Waals surface area (Å²) in [4.78, 5) is 11.9. The molecule has 1 aromatic carbocycles. The normalized spacial score (nSPS) is 23.6. The first kappa shape index (κ1) is 15.0. The van der Waals surface area contributed by atoms with Gasteiger partial charge in [0, 0.05) is 19.0 Å². The van der Waals surface area contributed by atoms with Crippen LogP contribution in [0.3, 0.4) is 0 Å². The minimum atomic E-state index is -0.236. The summed E-state index contributed by atoms with van der Waals surface area (Å²) in [6, 6.07) is 6.60. The van der Waals surface area contributed by atoms with Crippen molar-refractivity contribution in [3.8, 4) is 0 Å². The van der Waals surface area contributed by atoms with Crippen molar-refractivity contribution in [1.82, 2.24) is 5.32 Å². The Morgan fingerprint density at radius 3 is 2.70 bits per heavy atom. The largest absolute Gasteiger partial charge is 0.355 e. The van der Waals surface area contributed by atoms with E-state index in [1.807, 2.05) is 6.92 Å². The van der Waals surface area contributed by atoms with Crippen LogP contribution in [-0.2, 0) is 4.79 Å². The van der Waals surface area contributed by atoms with E-state index in [0.29, 0.717) is 18.9 Å². The molecule has 0 radical (unpaired) electrons. The van der Waals surface area contributed by atoms with Gasteiger partial charge in [-0.1, -0.05) is 25.5 Å². The molecule has 1 saturated carbocycles. The van der Waals surface area contributed by atoms with Crippen LogP contribution in [0.2, 0.25) is 0 Å². The van der Waals surface area contributed by atoms with Crippen LogP contribution in [0, 0.1) is 11.7 Å². The zero-order valence-electron chi connectivity index (χ0n) is 11.9. The van der Waals surface area contributed by atoms with Gasteiger partial charge in [0.25, 0.3) is 0 Å². The van der Waals surface area contributed by atoms with Crippen molar-refractivity contribution in [1.29, 1.82) is 0 Å². The molecule has 0 spiro atoms. The van der Waals surface area contributed by atoms with E-state index in [4.69, 9.17) is 5.73 Å². The fourth-order valence-electron chi connectivity index (χ4n) is 2.81. The molecule has 0 heterocycles. The maximum atomic E-state index is 12.8. The second-order valence-electron chi connectivity index (χ2n) is 5.82.